The number of amides is 1. The summed E-state index contributed by atoms with van der Waals surface area (Å²) in [5, 5.41) is 12.4. The first-order valence-electron chi connectivity index (χ1n) is 10.4. The van der Waals surface area contributed by atoms with Gasteiger partial charge in [0.1, 0.15) is 0 Å². The number of hydrogen-bond donors (Lipinski definition) is 3. The molecule has 1 saturated carbocycles. The highest BCUT2D eigenvalue weighted by molar-refractivity contribution is 7.92. The molecular formula is C22H25F3N2O6S2. The summed E-state index contributed by atoms with van der Waals surface area (Å²) < 4.78 is 86.6. The molecule has 3 N–H and O–H groups in total. The average Bonchev–Trinajstić information content (AvgIpc) is 3.45. The fourth-order valence-corrected chi connectivity index (χ4v) is 5.29. The molecule has 1 fully saturated rings. The van der Waals surface area contributed by atoms with Crippen molar-refractivity contribution in [3.8, 4) is 0 Å². The molecule has 192 valence electrons. The van der Waals surface area contributed by atoms with Gasteiger partial charge in [-0.2, -0.15) is 13.2 Å². The maximum absolute atomic E-state index is 12.8. The van der Waals surface area contributed by atoms with Crippen LogP contribution in [0.1, 0.15) is 43.0 Å². The Morgan fingerprint density at radius 2 is 1.74 bits per heavy atom. The lowest BCUT2D eigenvalue weighted by molar-refractivity contribution is -0.123. The zero-order valence-corrected chi connectivity index (χ0v) is 20.7. The quantitative estimate of drug-likeness (QED) is 0.478. The number of aliphatic hydroxyl groups excluding tert-OH is 1. The van der Waals surface area contributed by atoms with Gasteiger partial charge in [0.05, 0.1) is 29.5 Å². The summed E-state index contributed by atoms with van der Waals surface area (Å²) in [6.45, 7) is 3.06. The normalized spacial score (nSPS) is 21.3. The largest absolute Gasteiger partial charge is 0.501 e. The van der Waals surface area contributed by atoms with Gasteiger partial charge in [0, 0.05) is 16.9 Å². The Morgan fingerprint density at radius 1 is 1.14 bits per heavy atom. The number of rotatable bonds is 8. The van der Waals surface area contributed by atoms with E-state index in [1.54, 1.807) is 26.0 Å². The van der Waals surface area contributed by atoms with Gasteiger partial charge in [-0.05, 0) is 48.7 Å². The van der Waals surface area contributed by atoms with Crippen LogP contribution in [0.25, 0.3) is 0 Å². The monoisotopic (exact) mass is 534 g/mol. The Labute approximate surface area is 201 Å². The van der Waals surface area contributed by atoms with Crippen molar-refractivity contribution in [3.63, 3.8) is 0 Å². The lowest BCUT2D eigenvalue weighted by Crippen LogP contribution is -2.30. The van der Waals surface area contributed by atoms with E-state index in [-0.39, 0.29) is 11.6 Å². The van der Waals surface area contributed by atoms with Crippen molar-refractivity contribution < 1.29 is 39.9 Å². The molecule has 2 aromatic rings. The van der Waals surface area contributed by atoms with Crippen LogP contribution in [-0.4, -0.2) is 39.6 Å². The summed E-state index contributed by atoms with van der Waals surface area (Å²) in [7, 11) is -8.99. The van der Waals surface area contributed by atoms with Crippen LogP contribution >= 0.6 is 0 Å². The predicted molar refractivity (Wildman–Crippen MR) is 123 cm³/mol. The molecule has 0 aromatic heterocycles. The third kappa shape index (κ3) is 5.62. The number of anilines is 1. The lowest BCUT2D eigenvalue weighted by atomic mass is 9.95. The van der Waals surface area contributed by atoms with E-state index < -0.39 is 54.2 Å². The molecule has 1 amide bonds. The molecule has 0 radical (unpaired) electrons. The maximum Gasteiger partial charge on any atom is 0.501 e. The third-order valence-corrected chi connectivity index (χ3v) is 8.23. The maximum atomic E-state index is 12.8. The molecule has 13 heteroatoms. The molecule has 2 aromatic carbocycles. The van der Waals surface area contributed by atoms with Gasteiger partial charge in [-0.25, -0.2) is 16.8 Å². The van der Waals surface area contributed by atoms with Crippen LogP contribution < -0.4 is 10.0 Å². The van der Waals surface area contributed by atoms with Crippen molar-refractivity contribution in [1.82, 2.24) is 5.32 Å². The molecule has 3 rings (SSSR count). The number of nitrogens with one attached hydrogen (secondary N) is 2. The number of carbonyl (C=O) groups excluding carboxylic acids is 1. The minimum Gasteiger partial charge on any atom is -0.392 e. The van der Waals surface area contributed by atoms with Gasteiger partial charge in [-0.1, -0.05) is 25.1 Å². The van der Waals surface area contributed by atoms with E-state index in [1.165, 1.54) is 18.2 Å². The molecule has 0 heterocycles. The number of alkyl halides is 3. The Morgan fingerprint density at radius 3 is 2.26 bits per heavy atom. The number of sulfonamides is 1. The van der Waals surface area contributed by atoms with Crippen LogP contribution in [0.5, 0.6) is 0 Å². The van der Waals surface area contributed by atoms with Crippen LogP contribution in [0.4, 0.5) is 18.9 Å². The fraction of sp³-hybridized carbons (Fsp3) is 0.409. The number of carbonyl (C=O) groups is 1. The zero-order valence-electron chi connectivity index (χ0n) is 19.0. The molecule has 35 heavy (non-hydrogen) atoms. The van der Waals surface area contributed by atoms with E-state index in [4.69, 9.17) is 0 Å². The SMILES string of the molecule is CC(NC(=O)[C@@H]1CC1(C)c1ccc(S(=O)(=O)C(F)(F)F)cc1)c1ccc(NS(C)(=O)=O)c(CO)c1. The first kappa shape index (κ1) is 27.0. The van der Waals surface area contributed by atoms with E-state index in [9.17, 15) is 39.9 Å². The van der Waals surface area contributed by atoms with Crippen LogP contribution in [0.15, 0.2) is 47.4 Å². The van der Waals surface area contributed by atoms with Gasteiger partial charge < -0.3 is 10.4 Å². The van der Waals surface area contributed by atoms with Crippen molar-refractivity contribution in [2.75, 3.05) is 11.0 Å². The van der Waals surface area contributed by atoms with Crippen molar-refractivity contribution in [2.24, 2.45) is 5.92 Å². The Hall–Kier alpha value is -2.64. The minimum absolute atomic E-state index is 0.225. The number of hydrogen-bond acceptors (Lipinski definition) is 6. The molecule has 0 bridgehead atoms. The topological polar surface area (TPSA) is 130 Å². The molecule has 3 atom stereocenters. The summed E-state index contributed by atoms with van der Waals surface area (Å²) in [6.07, 6.45) is 1.41. The zero-order chi connectivity index (χ0) is 26.4. The predicted octanol–water partition coefficient (Wildman–Crippen LogP) is 3.00. The lowest BCUT2D eigenvalue weighted by Gasteiger charge is -2.18. The summed E-state index contributed by atoms with van der Waals surface area (Å²) >= 11 is 0. The van der Waals surface area contributed by atoms with E-state index in [2.05, 4.69) is 10.0 Å². The summed E-state index contributed by atoms with van der Waals surface area (Å²) in [6, 6.07) is 8.55. The average molecular weight is 535 g/mol. The van der Waals surface area contributed by atoms with E-state index >= 15 is 0 Å². The summed E-state index contributed by atoms with van der Waals surface area (Å²) in [5.41, 5.74) is -4.33. The second-order valence-electron chi connectivity index (χ2n) is 8.83. The van der Waals surface area contributed by atoms with E-state index in [0.717, 1.165) is 18.4 Å². The highest BCUT2D eigenvalue weighted by Crippen LogP contribution is 2.54. The molecule has 0 aliphatic heterocycles. The first-order chi connectivity index (χ1) is 16.0. The van der Waals surface area contributed by atoms with Crippen molar-refractivity contribution >= 4 is 31.5 Å². The van der Waals surface area contributed by atoms with Gasteiger partial charge in [0.25, 0.3) is 9.84 Å². The van der Waals surface area contributed by atoms with Gasteiger partial charge in [-0.3, -0.25) is 9.52 Å². The van der Waals surface area contributed by atoms with Gasteiger partial charge >= 0.3 is 5.51 Å². The molecule has 2 unspecified atom stereocenters. The molecule has 0 saturated heterocycles. The van der Waals surface area contributed by atoms with Gasteiger partial charge in [-0.15, -0.1) is 0 Å². The van der Waals surface area contributed by atoms with Crippen LogP contribution in [0, 0.1) is 5.92 Å². The van der Waals surface area contributed by atoms with Crippen molar-refractivity contribution in [1.29, 1.82) is 0 Å². The van der Waals surface area contributed by atoms with Crippen molar-refractivity contribution in [2.45, 2.75) is 48.7 Å². The number of aliphatic hydroxyl groups is 1. The highest BCUT2D eigenvalue weighted by atomic mass is 32.2. The second-order valence-corrected chi connectivity index (χ2v) is 12.5. The second kappa shape index (κ2) is 9.10. The van der Waals surface area contributed by atoms with Crippen molar-refractivity contribution in [3.05, 3.63) is 59.2 Å². The number of sulfone groups is 1. The van der Waals surface area contributed by atoms with Crippen LogP contribution in [-0.2, 0) is 36.7 Å². The van der Waals surface area contributed by atoms with E-state index in [1.807, 2.05) is 0 Å². The third-order valence-electron chi connectivity index (χ3n) is 6.14. The van der Waals surface area contributed by atoms with Crippen LogP contribution in [0.2, 0.25) is 0 Å². The molecule has 0 spiro atoms. The number of halogens is 3. The first-order valence-corrected chi connectivity index (χ1v) is 13.8. The standard InChI is InChI=1S/C22H25F3N2O6S2/c1-13(14-4-9-19(15(10-14)12-28)27-34(3,30)31)26-20(29)18-11-21(18,2)16-5-7-17(8-6-16)35(32,33)22(23,24)25/h4-10,13,18,27-28H,11-12H2,1-3H3,(H,26,29)/t13?,18-,21?/m0/s1. The highest BCUT2D eigenvalue weighted by Gasteiger charge is 2.56. The smallest absolute Gasteiger partial charge is 0.392 e. The Balaban J connectivity index is 1.71. The molecular weight excluding hydrogens is 509 g/mol. The molecule has 1 aliphatic carbocycles. The Bertz CT molecular complexity index is 1340. The van der Waals surface area contributed by atoms with Gasteiger partial charge in [0.2, 0.25) is 15.9 Å². The fourth-order valence-electron chi connectivity index (χ4n) is 3.93. The van der Waals surface area contributed by atoms with E-state index in [0.29, 0.717) is 23.1 Å². The number of benzene rings is 2. The Kier molecular flexibility index (Phi) is 7.01. The summed E-state index contributed by atoms with van der Waals surface area (Å²) in [4.78, 5) is 12.0. The molecule has 8 nitrogen and oxygen atoms in total. The minimum atomic E-state index is -5.45. The molecule has 1 aliphatic rings. The van der Waals surface area contributed by atoms with Crippen LogP contribution in [0.3, 0.4) is 0 Å². The summed E-state index contributed by atoms with van der Waals surface area (Å²) in [5.74, 6) is -0.769. The van der Waals surface area contributed by atoms with Gasteiger partial charge in [0.15, 0.2) is 0 Å².